The third-order valence-electron chi connectivity index (χ3n) is 5.81. The van der Waals surface area contributed by atoms with Crippen LogP contribution in [0.5, 0.6) is 5.75 Å². The molecule has 0 N–H and O–H groups in total. The van der Waals surface area contributed by atoms with E-state index in [0.29, 0.717) is 12.6 Å². The van der Waals surface area contributed by atoms with Crippen molar-refractivity contribution in [2.45, 2.75) is 32.4 Å². The van der Waals surface area contributed by atoms with E-state index < -0.39 is 0 Å². The van der Waals surface area contributed by atoms with Crippen LogP contribution in [0.4, 0.5) is 5.69 Å². The number of anilines is 1. The Morgan fingerprint density at radius 2 is 1.85 bits per heavy atom. The van der Waals surface area contributed by atoms with Crippen LogP contribution in [0.1, 0.15) is 31.1 Å². The summed E-state index contributed by atoms with van der Waals surface area (Å²) in [4.78, 5) is 5.07. The normalized spacial score (nSPS) is 23.1. The molecule has 0 bridgehead atoms. The van der Waals surface area contributed by atoms with Gasteiger partial charge in [0.1, 0.15) is 11.9 Å². The minimum absolute atomic E-state index is 0.121. The minimum atomic E-state index is 0.121. The smallest absolute Gasteiger partial charge is 0.119 e. The van der Waals surface area contributed by atoms with E-state index in [1.165, 1.54) is 16.8 Å². The highest BCUT2D eigenvalue weighted by Gasteiger charge is 2.36. The number of fused-ring (bicyclic) bond motifs is 1. The topological polar surface area (TPSA) is 24.9 Å². The average Bonchev–Trinajstić information content (AvgIpc) is 2.74. The lowest BCUT2D eigenvalue weighted by Crippen LogP contribution is -2.56. The van der Waals surface area contributed by atoms with Crippen LogP contribution in [-0.2, 0) is 11.2 Å². The van der Waals surface area contributed by atoms with Crippen molar-refractivity contribution in [3.05, 3.63) is 59.7 Å². The molecule has 0 aromatic heterocycles. The second-order valence-electron chi connectivity index (χ2n) is 7.32. The van der Waals surface area contributed by atoms with E-state index in [0.717, 1.165) is 45.0 Å². The van der Waals surface area contributed by atoms with Gasteiger partial charge in [-0.1, -0.05) is 31.2 Å². The van der Waals surface area contributed by atoms with Crippen molar-refractivity contribution in [3.63, 3.8) is 0 Å². The summed E-state index contributed by atoms with van der Waals surface area (Å²) >= 11 is 0. The summed E-state index contributed by atoms with van der Waals surface area (Å²) in [6, 6.07) is 17.6. The van der Waals surface area contributed by atoms with Gasteiger partial charge in [-0.3, -0.25) is 4.90 Å². The van der Waals surface area contributed by atoms with Crippen molar-refractivity contribution >= 4 is 5.69 Å². The molecule has 144 valence electrons. The maximum Gasteiger partial charge on any atom is 0.119 e. The van der Waals surface area contributed by atoms with Gasteiger partial charge in [0.25, 0.3) is 0 Å². The quantitative estimate of drug-likeness (QED) is 0.801. The molecule has 1 fully saturated rings. The highest BCUT2D eigenvalue weighted by Crippen LogP contribution is 2.36. The molecule has 2 aromatic rings. The molecule has 4 nitrogen and oxygen atoms in total. The molecule has 2 aromatic carbocycles. The van der Waals surface area contributed by atoms with Gasteiger partial charge in [-0.25, -0.2) is 0 Å². The van der Waals surface area contributed by atoms with Gasteiger partial charge in [-0.15, -0.1) is 0 Å². The summed E-state index contributed by atoms with van der Waals surface area (Å²) in [5, 5.41) is 0. The van der Waals surface area contributed by atoms with Crippen LogP contribution in [0.2, 0.25) is 0 Å². The van der Waals surface area contributed by atoms with Crippen molar-refractivity contribution in [3.8, 4) is 5.75 Å². The molecule has 2 heterocycles. The molecule has 2 aliphatic heterocycles. The lowest BCUT2D eigenvalue weighted by Gasteiger charge is -2.47. The molecule has 4 heteroatoms. The van der Waals surface area contributed by atoms with Gasteiger partial charge < -0.3 is 14.4 Å². The van der Waals surface area contributed by atoms with Crippen molar-refractivity contribution in [1.82, 2.24) is 4.90 Å². The van der Waals surface area contributed by atoms with Gasteiger partial charge in [0, 0.05) is 25.3 Å². The molecular weight excluding hydrogens is 336 g/mol. The second kappa shape index (κ2) is 8.32. The standard InChI is InChI=1S/C23H30N2O2/c1-3-24-14-15-25(19-9-11-20(12-10-19)26-4-2)22(17-24)23-21-8-6-5-7-18(21)13-16-27-23/h5-12,22-23H,3-4,13-17H2,1-2H3. The van der Waals surface area contributed by atoms with Crippen LogP contribution in [0.15, 0.2) is 48.5 Å². The molecule has 27 heavy (non-hydrogen) atoms. The molecule has 0 radical (unpaired) electrons. The van der Waals surface area contributed by atoms with E-state index in [-0.39, 0.29) is 6.10 Å². The fourth-order valence-corrected chi connectivity index (χ4v) is 4.38. The van der Waals surface area contributed by atoms with Crippen LogP contribution in [0, 0.1) is 0 Å². The average molecular weight is 367 g/mol. The number of hydrogen-bond acceptors (Lipinski definition) is 4. The van der Waals surface area contributed by atoms with E-state index in [1.54, 1.807) is 0 Å². The summed E-state index contributed by atoms with van der Waals surface area (Å²) in [5.74, 6) is 0.934. The lowest BCUT2D eigenvalue weighted by atomic mass is 9.91. The Morgan fingerprint density at radius 3 is 2.63 bits per heavy atom. The van der Waals surface area contributed by atoms with Crippen LogP contribution in [0.25, 0.3) is 0 Å². The molecular formula is C23H30N2O2. The van der Waals surface area contributed by atoms with Gasteiger partial charge in [0.15, 0.2) is 0 Å². The zero-order valence-corrected chi connectivity index (χ0v) is 16.4. The van der Waals surface area contributed by atoms with E-state index in [9.17, 15) is 0 Å². The maximum absolute atomic E-state index is 6.36. The Kier molecular flexibility index (Phi) is 5.65. The predicted octanol–water partition coefficient (Wildman–Crippen LogP) is 3.91. The number of piperazine rings is 1. The number of rotatable bonds is 5. The number of likely N-dealkylation sites (N-methyl/N-ethyl adjacent to an activating group) is 1. The van der Waals surface area contributed by atoms with Crippen molar-refractivity contribution in [1.29, 1.82) is 0 Å². The second-order valence-corrected chi connectivity index (χ2v) is 7.32. The van der Waals surface area contributed by atoms with Gasteiger partial charge in [-0.05, 0) is 55.3 Å². The Labute approximate surface area is 162 Å². The third-order valence-corrected chi connectivity index (χ3v) is 5.81. The first-order chi connectivity index (χ1) is 13.3. The molecule has 0 spiro atoms. The summed E-state index contributed by atoms with van der Waals surface area (Å²) in [6.45, 7) is 10.0. The van der Waals surface area contributed by atoms with E-state index in [2.05, 4.69) is 65.3 Å². The van der Waals surface area contributed by atoms with Crippen LogP contribution >= 0.6 is 0 Å². The van der Waals surface area contributed by atoms with Crippen molar-refractivity contribution in [2.75, 3.05) is 44.3 Å². The van der Waals surface area contributed by atoms with Crippen molar-refractivity contribution in [2.24, 2.45) is 0 Å². The SMILES string of the molecule is CCOc1ccc(N2CCN(CC)CC2C2OCCc3ccccc32)cc1. The maximum atomic E-state index is 6.36. The largest absolute Gasteiger partial charge is 0.494 e. The van der Waals surface area contributed by atoms with E-state index in [1.807, 2.05) is 6.92 Å². The number of benzene rings is 2. The number of ether oxygens (including phenoxy) is 2. The minimum Gasteiger partial charge on any atom is -0.494 e. The molecule has 2 aliphatic rings. The fraction of sp³-hybridized carbons (Fsp3) is 0.478. The summed E-state index contributed by atoms with van der Waals surface area (Å²) in [5.41, 5.74) is 4.06. The summed E-state index contributed by atoms with van der Waals surface area (Å²) < 4.78 is 12.0. The van der Waals surface area contributed by atoms with Gasteiger partial charge in [0.2, 0.25) is 0 Å². The highest BCUT2D eigenvalue weighted by molar-refractivity contribution is 5.51. The Bertz CT molecular complexity index is 746. The van der Waals surface area contributed by atoms with Crippen LogP contribution in [-0.4, -0.2) is 50.3 Å². The molecule has 0 amide bonds. The number of hydrogen-bond donors (Lipinski definition) is 0. The fourth-order valence-electron chi connectivity index (χ4n) is 4.38. The highest BCUT2D eigenvalue weighted by atomic mass is 16.5. The number of nitrogens with zero attached hydrogens (tertiary/aromatic N) is 2. The van der Waals surface area contributed by atoms with Gasteiger partial charge in [-0.2, -0.15) is 0 Å². The lowest BCUT2D eigenvalue weighted by molar-refractivity contribution is 0.00760. The molecule has 0 saturated carbocycles. The predicted molar refractivity (Wildman–Crippen MR) is 110 cm³/mol. The van der Waals surface area contributed by atoms with E-state index in [4.69, 9.17) is 9.47 Å². The first kappa shape index (κ1) is 18.3. The van der Waals surface area contributed by atoms with Crippen LogP contribution in [0.3, 0.4) is 0 Å². The first-order valence-corrected chi connectivity index (χ1v) is 10.2. The summed E-state index contributed by atoms with van der Waals surface area (Å²) in [7, 11) is 0. The summed E-state index contributed by atoms with van der Waals surface area (Å²) in [6.07, 6.45) is 1.14. The van der Waals surface area contributed by atoms with Crippen LogP contribution < -0.4 is 9.64 Å². The molecule has 2 atom stereocenters. The van der Waals surface area contributed by atoms with E-state index >= 15 is 0 Å². The zero-order chi connectivity index (χ0) is 18.6. The van der Waals surface area contributed by atoms with Gasteiger partial charge in [0.05, 0.1) is 19.3 Å². The van der Waals surface area contributed by atoms with Gasteiger partial charge >= 0.3 is 0 Å². The first-order valence-electron chi connectivity index (χ1n) is 10.2. The molecule has 0 aliphatic carbocycles. The molecule has 4 rings (SSSR count). The monoisotopic (exact) mass is 366 g/mol. The molecule has 1 saturated heterocycles. The zero-order valence-electron chi connectivity index (χ0n) is 16.4. The Hall–Kier alpha value is -2.04. The van der Waals surface area contributed by atoms with Crippen molar-refractivity contribution < 1.29 is 9.47 Å². The Morgan fingerprint density at radius 1 is 1.04 bits per heavy atom. The molecule has 2 unspecified atom stereocenters. The third kappa shape index (κ3) is 3.83. The Balaban J connectivity index is 1.64.